The number of hydrogen-bond donors (Lipinski definition) is 0. The number of carbonyl (C=O) groups excluding carboxylic acids is 1. The number of aryl methyl sites for hydroxylation is 1. The summed E-state index contributed by atoms with van der Waals surface area (Å²) in [4.78, 5) is 13.9. The van der Waals surface area contributed by atoms with Crippen molar-refractivity contribution in [3.8, 4) is 0 Å². The van der Waals surface area contributed by atoms with E-state index in [2.05, 4.69) is 46.0 Å². The number of hydrogen-bond acceptors (Lipinski definition) is 4. The SMILES string of the molecule is CC.CCCC.CCCCCCSC.CCN(CCCCC(C)C)C(=O)c1cc(C)no1. The molecule has 1 rings (SSSR count). The zero-order valence-corrected chi connectivity index (χ0v) is 24.1. The molecule has 0 saturated carbocycles. The fraction of sp³-hybridized carbons (Fsp3) is 0.852. The molecule has 0 aliphatic heterocycles. The molecule has 4 nitrogen and oxygen atoms in total. The van der Waals surface area contributed by atoms with Crippen LogP contribution in [0.15, 0.2) is 10.6 Å². The summed E-state index contributed by atoms with van der Waals surface area (Å²) < 4.78 is 5.01. The maximum Gasteiger partial charge on any atom is 0.292 e. The average Bonchev–Trinajstić information content (AvgIpc) is 3.24. The van der Waals surface area contributed by atoms with E-state index in [-0.39, 0.29) is 5.91 Å². The lowest BCUT2D eigenvalue weighted by molar-refractivity contribution is 0.0719. The van der Waals surface area contributed by atoms with Crippen LogP contribution in [0.5, 0.6) is 0 Å². The first-order valence-electron chi connectivity index (χ1n) is 13.1. The molecular weight excluding hydrogens is 416 g/mol. The largest absolute Gasteiger partial charge is 0.351 e. The third-order valence-electron chi connectivity index (χ3n) is 4.67. The van der Waals surface area contributed by atoms with Crippen molar-refractivity contribution in [3.63, 3.8) is 0 Å². The Morgan fingerprint density at radius 1 is 1.00 bits per heavy atom. The molecular formula is C27H56N2O2S. The molecule has 1 amide bonds. The van der Waals surface area contributed by atoms with Crippen molar-refractivity contribution in [3.05, 3.63) is 17.5 Å². The summed E-state index contributed by atoms with van der Waals surface area (Å²) in [7, 11) is 0. The van der Waals surface area contributed by atoms with E-state index >= 15 is 0 Å². The summed E-state index contributed by atoms with van der Waals surface area (Å²) >= 11 is 1.95. The van der Waals surface area contributed by atoms with E-state index < -0.39 is 0 Å². The van der Waals surface area contributed by atoms with E-state index in [1.54, 1.807) is 6.07 Å². The summed E-state index contributed by atoms with van der Waals surface area (Å²) in [6.45, 7) is 20.4. The van der Waals surface area contributed by atoms with Gasteiger partial charge in [0, 0.05) is 19.2 Å². The highest BCUT2D eigenvalue weighted by Crippen LogP contribution is 2.10. The molecule has 0 aliphatic rings. The highest BCUT2D eigenvalue weighted by Gasteiger charge is 2.18. The fourth-order valence-electron chi connectivity index (χ4n) is 2.55. The maximum absolute atomic E-state index is 12.1. The van der Waals surface area contributed by atoms with Crippen molar-refractivity contribution in [1.82, 2.24) is 10.1 Å². The van der Waals surface area contributed by atoms with Crippen LogP contribution in [-0.4, -0.2) is 41.1 Å². The van der Waals surface area contributed by atoms with Gasteiger partial charge >= 0.3 is 0 Å². The number of aromatic nitrogens is 1. The number of carbonyl (C=O) groups is 1. The average molecular weight is 473 g/mol. The second-order valence-electron chi connectivity index (χ2n) is 8.16. The highest BCUT2D eigenvalue weighted by atomic mass is 32.2. The molecule has 5 heteroatoms. The van der Waals surface area contributed by atoms with E-state index in [0.29, 0.717) is 12.3 Å². The summed E-state index contributed by atoms with van der Waals surface area (Å²) in [6, 6.07) is 1.69. The lowest BCUT2D eigenvalue weighted by atomic mass is 10.1. The maximum atomic E-state index is 12.1. The molecule has 0 bridgehead atoms. The normalized spacial score (nSPS) is 9.72. The molecule has 0 N–H and O–H groups in total. The van der Waals surface area contributed by atoms with Gasteiger partial charge < -0.3 is 9.42 Å². The molecule has 0 aliphatic carbocycles. The molecule has 1 heterocycles. The molecule has 192 valence electrons. The molecule has 1 aromatic rings. The second-order valence-corrected chi connectivity index (χ2v) is 9.15. The van der Waals surface area contributed by atoms with Gasteiger partial charge in [-0.05, 0) is 44.6 Å². The van der Waals surface area contributed by atoms with Gasteiger partial charge in [-0.1, -0.05) is 98.6 Å². The molecule has 0 atom stereocenters. The number of thioether (sulfide) groups is 1. The third-order valence-corrected chi connectivity index (χ3v) is 5.37. The first-order valence-corrected chi connectivity index (χ1v) is 14.5. The Kier molecular flexibility index (Phi) is 31.2. The van der Waals surface area contributed by atoms with Gasteiger partial charge in [0.05, 0.1) is 5.69 Å². The van der Waals surface area contributed by atoms with Gasteiger partial charge in [0.1, 0.15) is 0 Å². The van der Waals surface area contributed by atoms with Gasteiger partial charge in [0.25, 0.3) is 5.91 Å². The van der Waals surface area contributed by atoms with Gasteiger partial charge in [-0.25, -0.2) is 0 Å². The topological polar surface area (TPSA) is 46.3 Å². The monoisotopic (exact) mass is 472 g/mol. The van der Waals surface area contributed by atoms with Crippen molar-refractivity contribution in [2.45, 2.75) is 120 Å². The van der Waals surface area contributed by atoms with Crippen molar-refractivity contribution in [2.75, 3.05) is 25.1 Å². The minimum absolute atomic E-state index is 0.0531. The molecule has 0 radical (unpaired) electrons. The van der Waals surface area contributed by atoms with Crippen LogP contribution in [0.3, 0.4) is 0 Å². The zero-order valence-electron chi connectivity index (χ0n) is 23.3. The summed E-state index contributed by atoms with van der Waals surface area (Å²) in [5.41, 5.74) is 0.745. The minimum atomic E-state index is -0.0531. The molecule has 0 unspecified atom stereocenters. The number of nitrogens with zero attached hydrogens (tertiary/aromatic N) is 2. The Bertz CT molecular complexity index is 482. The van der Waals surface area contributed by atoms with Gasteiger partial charge in [-0.3, -0.25) is 4.79 Å². The van der Waals surface area contributed by atoms with Gasteiger partial charge in [-0.15, -0.1) is 0 Å². The van der Waals surface area contributed by atoms with E-state index in [1.165, 1.54) is 50.7 Å². The third kappa shape index (κ3) is 23.7. The van der Waals surface area contributed by atoms with Crippen LogP contribution < -0.4 is 0 Å². The van der Waals surface area contributed by atoms with Gasteiger partial charge in [-0.2, -0.15) is 11.8 Å². The highest BCUT2D eigenvalue weighted by molar-refractivity contribution is 7.98. The lowest BCUT2D eigenvalue weighted by Gasteiger charge is -2.19. The quantitative estimate of drug-likeness (QED) is 0.269. The summed E-state index contributed by atoms with van der Waals surface area (Å²) in [5, 5.41) is 3.75. The summed E-state index contributed by atoms with van der Waals surface area (Å²) in [5.74, 6) is 2.37. The molecule has 0 aromatic carbocycles. The van der Waals surface area contributed by atoms with Crippen molar-refractivity contribution < 1.29 is 9.32 Å². The molecule has 0 spiro atoms. The van der Waals surface area contributed by atoms with Crippen LogP contribution in [0.1, 0.15) is 129 Å². The van der Waals surface area contributed by atoms with Gasteiger partial charge in [0.15, 0.2) is 0 Å². The van der Waals surface area contributed by atoms with Crippen LogP contribution in [0.2, 0.25) is 0 Å². The fourth-order valence-corrected chi connectivity index (χ4v) is 3.04. The van der Waals surface area contributed by atoms with Gasteiger partial charge in [0.2, 0.25) is 5.76 Å². The first-order chi connectivity index (χ1) is 15.4. The minimum Gasteiger partial charge on any atom is -0.351 e. The predicted octanol–water partition coefficient (Wildman–Crippen LogP) is 9.03. The molecule has 0 fully saturated rings. The van der Waals surface area contributed by atoms with Crippen molar-refractivity contribution in [1.29, 1.82) is 0 Å². The van der Waals surface area contributed by atoms with E-state index in [9.17, 15) is 4.79 Å². The van der Waals surface area contributed by atoms with Crippen LogP contribution in [0, 0.1) is 12.8 Å². The summed E-state index contributed by atoms with van der Waals surface area (Å²) in [6.07, 6.45) is 13.8. The van der Waals surface area contributed by atoms with Crippen molar-refractivity contribution >= 4 is 17.7 Å². The van der Waals surface area contributed by atoms with Crippen LogP contribution >= 0.6 is 11.8 Å². The van der Waals surface area contributed by atoms with Crippen LogP contribution in [-0.2, 0) is 0 Å². The van der Waals surface area contributed by atoms with E-state index in [0.717, 1.165) is 31.0 Å². The number of rotatable bonds is 13. The van der Waals surface area contributed by atoms with E-state index in [1.807, 2.05) is 44.4 Å². The number of unbranched alkanes of at least 4 members (excludes halogenated alkanes) is 5. The van der Waals surface area contributed by atoms with E-state index in [4.69, 9.17) is 4.52 Å². The standard InChI is InChI=1S/C14H24N2O2.C7H16S.C4H10.C2H6/c1-5-16(9-7-6-8-11(2)3)14(17)13-10-12(4)15-18-13;1-3-4-5-6-7-8-2;1-3-4-2;1-2/h10-11H,5-9H2,1-4H3;3-7H2,1-2H3;3-4H2,1-2H3;1-2H3. The molecule has 1 aromatic heterocycles. The van der Waals surface area contributed by atoms with Crippen LogP contribution in [0.4, 0.5) is 0 Å². The van der Waals surface area contributed by atoms with Crippen molar-refractivity contribution in [2.24, 2.45) is 5.92 Å². The van der Waals surface area contributed by atoms with Crippen LogP contribution in [0.25, 0.3) is 0 Å². The Morgan fingerprint density at radius 3 is 2.03 bits per heavy atom. The molecule has 32 heavy (non-hydrogen) atoms. The Labute approximate surface area is 205 Å². The predicted molar refractivity (Wildman–Crippen MR) is 146 cm³/mol. The smallest absolute Gasteiger partial charge is 0.292 e. The number of amides is 1. The lowest BCUT2D eigenvalue weighted by Crippen LogP contribution is -2.31. The first kappa shape index (κ1) is 35.6. The second kappa shape index (κ2) is 28.1. The Hall–Kier alpha value is -0.970. The Morgan fingerprint density at radius 2 is 1.62 bits per heavy atom. The molecule has 0 saturated heterocycles. The zero-order chi connectivity index (χ0) is 25.2. The Balaban J connectivity index is -0.000000498.